The van der Waals surface area contributed by atoms with Crippen LogP contribution >= 0.6 is 0 Å². The van der Waals surface area contributed by atoms with Crippen LogP contribution < -0.4 is 4.90 Å². The summed E-state index contributed by atoms with van der Waals surface area (Å²) in [7, 11) is 1.85. The van der Waals surface area contributed by atoms with E-state index >= 15 is 0 Å². The fourth-order valence-corrected chi connectivity index (χ4v) is 1.04. The molecule has 0 spiro atoms. The maximum Gasteiger partial charge on any atom is 0.325 e. The fraction of sp³-hybridized carbons (Fsp3) is 0.444. The Morgan fingerprint density at radius 2 is 2.46 bits per heavy atom. The highest BCUT2D eigenvalue weighted by molar-refractivity contribution is 5.75. The molecule has 4 nitrogen and oxygen atoms in total. The number of nitrogens with zero attached hydrogens (tertiary/aromatic N) is 1. The second kappa shape index (κ2) is 4.54. The number of aromatic amines is 1. The first kappa shape index (κ1) is 9.64. The quantitative estimate of drug-likeness (QED) is 0.707. The van der Waals surface area contributed by atoms with Crippen molar-refractivity contribution in [2.75, 3.05) is 25.1 Å². The van der Waals surface area contributed by atoms with Gasteiger partial charge in [-0.05, 0) is 13.0 Å². The lowest BCUT2D eigenvalue weighted by molar-refractivity contribution is -0.141. The average molecular weight is 182 g/mol. The molecule has 1 N–H and O–H groups in total. The third-order valence-electron chi connectivity index (χ3n) is 1.69. The first-order valence-electron chi connectivity index (χ1n) is 4.23. The maximum atomic E-state index is 11.1. The van der Waals surface area contributed by atoms with Crippen molar-refractivity contribution < 1.29 is 9.53 Å². The molecule has 1 rings (SSSR count). The Balaban J connectivity index is 2.42. The van der Waals surface area contributed by atoms with Crippen molar-refractivity contribution in [1.29, 1.82) is 0 Å². The van der Waals surface area contributed by atoms with Gasteiger partial charge in [-0.3, -0.25) is 4.79 Å². The summed E-state index contributed by atoms with van der Waals surface area (Å²) >= 11 is 0. The lowest BCUT2D eigenvalue weighted by atomic mass is 10.4. The van der Waals surface area contributed by atoms with Crippen molar-refractivity contribution in [1.82, 2.24) is 4.98 Å². The number of hydrogen-bond donors (Lipinski definition) is 1. The van der Waals surface area contributed by atoms with Crippen LogP contribution in [0.1, 0.15) is 6.92 Å². The molecule has 0 aromatic carbocycles. The Kier molecular flexibility index (Phi) is 3.37. The van der Waals surface area contributed by atoms with E-state index in [1.54, 1.807) is 6.92 Å². The Morgan fingerprint density at radius 3 is 3.00 bits per heavy atom. The van der Waals surface area contributed by atoms with Crippen molar-refractivity contribution >= 4 is 11.7 Å². The van der Waals surface area contributed by atoms with Gasteiger partial charge in [0.25, 0.3) is 0 Å². The molecule has 1 aromatic heterocycles. The molecule has 0 unspecified atom stereocenters. The third-order valence-corrected chi connectivity index (χ3v) is 1.69. The fourth-order valence-electron chi connectivity index (χ4n) is 1.04. The number of anilines is 1. The second-order valence-electron chi connectivity index (χ2n) is 2.73. The summed E-state index contributed by atoms with van der Waals surface area (Å²) < 4.78 is 4.82. The van der Waals surface area contributed by atoms with E-state index in [-0.39, 0.29) is 12.5 Å². The number of rotatable bonds is 4. The minimum Gasteiger partial charge on any atom is -0.465 e. The van der Waals surface area contributed by atoms with Crippen molar-refractivity contribution in [3.05, 3.63) is 18.5 Å². The number of nitrogens with one attached hydrogen (secondary N) is 1. The Morgan fingerprint density at radius 1 is 1.69 bits per heavy atom. The number of aromatic nitrogens is 1. The standard InChI is InChI=1S/C9H14N2O2/c1-3-13-9(12)7-11(2)8-4-5-10-6-8/h4-6,10H,3,7H2,1-2H3. The zero-order valence-corrected chi connectivity index (χ0v) is 7.91. The number of carbonyl (C=O) groups is 1. The molecular weight excluding hydrogens is 168 g/mol. The van der Waals surface area contributed by atoms with Crippen molar-refractivity contribution in [2.45, 2.75) is 6.92 Å². The first-order chi connectivity index (χ1) is 6.24. The lowest BCUT2D eigenvalue weighted by Crippen LogP contribution is -2.26. The van der Waals surface area contributed by atoms with E-state index < -0.39 is 0 Å². The lowest BCUT2D eigenvalue weighted by Gasteiger charge is -2.15. The van der Waals surface area contributed by atoms with Gasteiger partial charge in [0.05, 0.1) is 12.3 Å². The molecule has 0 aliphatic heterocycles. The molecule has 13 heavy (non-hydrogen) atoms. The molecule has 0 radical (unpaired) electrons. The summed E-state index contributed by atoms with van der Waals surface area (Å²) in [5.74, 6) is -0.203. The highest BCUT2D eigenvalue weighted by atomic mass is 16.5. The molecule has 1 aromatic rings. The van der Waals surface area contributed by atoms with Gasteiger partial charge in [0.2, 0.25) is 0 Å². The minimum atomic E-state index is -0.203. The summed E-state index contributed by atoms with van der Waals surface area (Å²) in [5.41, 5.74) is 0.980. The maximum absolute atomic E-state index is 11.1. The highest BCUT2D eigenvalue weighted by Crippen LogP contribution is 2.09. The Bertz CT molecular complexity index is 257. The molecule has 0 aliphatic carbocycles. The molecule has 1 heterocycles. The van der Waals surface area contributed by atoms with E-state index in [0.29, 0.717) is 6.61 Å². The largest absolute Gasteiger partial charge is 0.465 e. The van der Waals surface area contributed by atoms with Crippen LogP contribution in [0.5, 0.6) is 0 Å². The van der Waals surface area contributed by atoms with E-state index in [2.05, 4.69) is 4.98 Å². The zero-order chi connectivity index (χ0) is 9.68. The number of carbonyl (C=O) groups excluding carboxylic acids is 1. The molecule has 0 fully saturated rings. The van der Waals surface area contributed by atoms with Gasteiger partial charge in [-0.2, -0.15) is 0 Å². The van der Waals surface area contributed by atoms with E-state index in [0.717, 1.165) is 5.69 Å². The predicted molar refractivity (Wildman–Crippen MR) is 50.7 cm³/mol. The molecule has 0 saturated carbocycles. The SMILES string of the molecule is CCOC(=O)CN(C)c1cc[nH]c1. The first-order valence-corrected chi connectivity index (χ1v) is 4.23. The van der Waals surface area contributed by atoms with E-state index in [4.69, 9.17) is 4.74 Å². The topological polar surface area (TPSA) is 45.3 Å². The molecule has 0 saturated heterocycles. The number of H-pyrrole nitrogens is 1. The van der Waals surface area contributed by atoms with Crippen LogP contribution in [0.25, 0.3) is 0 Å². The minimum absolute atomic E-state index is 0.203. The molecule has 0 atom stereocenters. The van der Waals surface area contributed by atoms with E-state index in [9.17, 15) is 4.79 Å². The molecule has 4 heteroatoms. The molecule has 0 aliphatic rings. The molecule has 0 amide bonds. The average Bonchev–Trinajstić information content (AvgIpc) is 2.55. The van der Waals surface area contributed by atoms with Gasteiger partial charge in [-0.25, -0.2) is 0 Å². The van der Waals surface area contributed by atoms with Gasteiger partial charge in [-0.1, -0.05) is 0 Å². The van der Waals surface area contributed by atoms with Crippen molar-refractivity contribution in [3.63, 3.8) is 0 Å². The van der Waals surface area contributed by atoms with Crippen LogP contribution in [0.2, 0.25) is 0 Å². The Labute approximate surface area is 77.5 Å². The predicted octanol–water partition coefficient (Wildman–Crippen LogP) is 1.01. The van der Waals surface area contributed by atoms with Gasteiger partial charge >= 0.3 is 5.97 Å². The van der Waals surface area contributed by atoms with Gasteiger partial charge in [0, 0.05) is 19.4 Å². The van der Waals surface area contributed by atoms with Crippen molar-refractivity contribution in [2.24, 2.45) is 0 Å². The molecular formula is C9H14N2O2. The van der Waals surface area contributed by atoms with E-state index in [1.165, 1.54) is 0 Å². The van der Waals surface area contributed by atoms with Crippen LogP contribution in [-0.2, 0) is 9.53 Å². The monoisotopic (exact) mass is 182 g/mol. The van der Waals surface area contributed by atoms with Gasteiger partial charge in [-0.15, -0.1) is 0 Å². The molecule has 0 bridgehead atoms. The smallest absolute Gasteiger partial charge is 0.325 e. The van der Waals surface area contributed by atoms with Gasteiger partial charge < -0.3 is 14.6 Å². The zero-order valence-electron chi connectivity index (χ0n) is 7.91. The van der Waals surface area contributed by atoms with Crippen LogP contribution in [0, 0.1) is 0 Å². The second-order valence-corrected chi connectivity index (χ2v) is 2.73. The normalized spacial score (nSPS) is 9.69. The number of hydrogen-bond acceptors (Lipinski definition) is 3. The van der Waals surface area contributed by atoms with Crippen LogP contribution in [0.4, 0.5) is 5.69 Å². The van der Waals surface area contributed by atoms with Gasteiger partial charge in [0.15, 0.2) is 0 Å². The van der Waals surface area contributed by atoms with Crippen LogP contribution in [0.3, 0.4) is 0 Å². The summed E-state index contributed by atoms with van der Waals surface area (Å²) in [5, 5.41) is 0. The number of esters is 1. The summed E-state index contributed by atoms with van der Waals surface area (Å²) in [6.45, 7) is 2.51. The highest BCUT2D eigenvalue weighted by Gasteiger charge is 2.07. The summed E-state index contributed by atoms with van der Waals surface area (Å²) in [4.78, 5) is 15.8. The van der Waals surface area contributed by atoms with Crippen LogP contribution in [0.15, 0.2) is 18.5 Å². The summed E-state index contributed by atoms with van der Waals surface area (Å²) in [6.07, 6.45) is 3.65. The van der Waals surface area contributed by atoms with Gasteiger partial charge in [0.1, 0.15) is 6.54 Å². The summed E-state index contributed by atoms with van der Waals surface area (Å²) in [6, 6.07) is 1.90. The Hall–Kier alpha value is -1.45. The van der Waals surface area contributed by atoms with Crippen LogP contribution in [-0.4, -0.2) is 31.2 Å². The van der Waals surface area contributed by atoms with Crippen molar-refractivity contribution in [3.8, 4) is 0 Å². The number of ether oxygens (including phenoxy) is 1. The molecule has 72 valence electrons. The number of likely N-dealkylation sites (N-methyl/N-ethyl adjacent to an activating group) is 1. The third kappa shape index (κ3) is 2.82. The van der Waals surface area contributed by atoms with E-state index in [1.807, 2.05) is 30.4 Å².